The van der Waals surface area contributed by atoms with E-state index in [9.17, 15) is 0 Å². The number of hydrogen-bond acceptors (Lipinski definition) is 2. The molecule has 2 aromatic carbocycles. The molecule has 2 nitrogen and oxygen atoms in total. The molecule has 0 unspecified atom stereocenters. The number of halogens is 1. The summed E-state index contributed by atoms with van der Waals surface area (Å²) in [6.07, 6.45) is 5.16. The second-order valence-corrected chi connectivity index (χ2v) is 5.32. The first-order chi connectivity index (χ1) is 10.1. The summed E-state index contributed by atoms with van der Waals surface area (Å²) in [6.45, 7) is 5.14. The van der Waals surface area contributed by atoms with Crippen LogP contribution in [0.1, 0.15) is 16.7 Å². The number of terminal acetylenes is 1. The maximum Gasteiger partial charge on any atom is 0.148 e. The van der Waals surface area contributed by atoms with Gasteiger partial charge < -0.3 is 10.1 Å². The highest BCUT2D eigenvalue weighted by atomic mass is 35.5. The molecule has 108 valence electrons. The third-order valence-corrected chi connectivity index (χ3v) is 3.61. The summed E-state index contributed by atoms with van der Waals surface area (Å²) in [5.74, 6) is 3.04. The van der Waals surface area contributed by atoms with Gasteiger partial charge in [-0.1, -0.05) is 29.7 Å². The fraction of sp³-hybridized carbons (Fsp3) is 0.222. The Labute approximate surface area is 131 Å². The van der Waals surface area contributed by atoms with Gasteiger partial charge in [0, 0.05) is 12.2 Å². The highest BCUT2D eigenvalue weighted by Crippen LogP contribution is 2.26. The van der Waals surface area contributed by atoms with E-state index in [4.69, 9.17) is 22.8 Å². The normalized spacial score (nSPS) is 10.0. The number of ether oxygens (including phenoxy) is 1. The van der Waals surface area contributed by atoms with Crippen molar-refractivity contribution < 1.29 is 4.74 Å². The maximum atomic E-state index is 6.17. The molecule has 0 aliphatic heterocycles. The number of benzene rings is 2. The molecule has 21 heavy (non-hydrogen) atoms. The van der Waals surface area contributed by atoms with E-state index in [1.165, 1.54) is 11.1 Å². The number of aryl methyl sites for hydroxylation is 2. The second-order valence-electron chi connectivity index (χ2n) is 4.91. The molecule has 0 saturated heterocycles. The fourth-order valence-corrected chi connectivity index (χ4v) is 2.20. The first kappa shape index (κ1) is 15.3. The van der Waals surface area contributed by atoms with Gasteiger partial charge in [-0.3, -0.25) is 0 Å². The van der Waals surface area contributed by atoms with Gasteiger partial charge in [-0.05, 0) is 54.8 Å². The minimum absolute atomic E-state index is 0.222. The molecular formula is C18H18ClNO. The Bertz CT molecular complexity index is 673. The molecule has 0 aromatic heterocycles. The van der Waals surface area contributed by atoms with Crippen LogP contribution in [0, 0.1) is 26.2 Å². The predicted molar refractivity (Wildman–Crippen MR) is 89.0 cm³/mol. The summed E-state index contributed by atoms with van der Waals surface area (Å²) in [6, 6.07) is 12.0. The van der Waals surface area contributed by atoms with Crippen molar-refractivity contribution in [2.24, 2.45) is 0 Å². The Morgan fingerprint density at radius 1 is 1.14 bits per heavy atom. The van der Waals surface area contributed by atoms with Crippen LogP contribution < -0.4 is 10.1 Å². The van der Waals surface area contributed by atoms with Crippen LogP contribution in [0.15, 0.2) is 36.4 Å². The van der Waals surface area contributed by atoms with Gasteiger partial charge in [0.2, 0.25) is 0 Å². The quantitative estimate of drug-likeness (QED) is 0.816. The standard InChI is InChI=1S/C18H18ClNO/c1-4-9-21-18-8-6-15(11-17(18)19)12-20-16-7-5-13(2)14(3)10-16/h1,5-8,10-11,20H,9,12H2,2-3H3. The van der Waals surface area contributed by atoms with Gasteiger partial charge in [-0.15, -0.1) is 6.42 Å². The van der Waals surface area contributed by atoms with Gasteiger partial charge in [0.1, 0.15) is 12.4 Å². The van der Waals surface area contributed by atoms with Crippen molar-refractivity contribution in [2.45, 2.75) is 20.4 Å². The van der Waals surface area contributed by atoms with Gasteiger partial charge >= 0.3 is 0 Å². The number of rotatable bonds is 5. The molecule has 0 amide bonds. The van der Waals surface area contributed by atoms with Gasteiger partial charge in [0.15, 0.2) is 0 Å². The zero-order valence-electron chi connectivity index (χ0n) is 12.2. The SMILES string of the molecule is C#CCOc1ccc(CNc2ccc(C)c(C)c2)cc1Cl. The summed E-state index contributed by atoms with van der Waals surface area (Å²) in [5, 5.41) is 3.96. The molecule has 0 spiro atoms. The molecule has 0 aliphatic rings. The van der Waals surface area contributed by atoms with Crippen LogP contribution in [-0.4, -0.2) is 6.61 Å². The summed E-state index contributed by atoms with van der Waals surface area (Å²) >= 11 is 6.17. The van der Waals surface area contributed by atoms with Crippen molar-refractivity contribution in [3.63, 3.8) is 0 Å². The fourth-order valence-electron chi connectivity index (χ4n) is 1.95. The van der Waals surface area contributed by atoms with Crippen LogP contribution in [0.25, 0.3) is 0 Å². The lowest BCUT2D eigenvalue weighted by atomic mass is 10.1. The summed E-state index contributed by atoms with van der Waals surface area (Å²) in [4.78, 5) is 0. The van der Waals surface area contributed by atoms with Crippen molar-refractivity contribution in [1.29, 1.82) is 0 Å². The lowest BCUT2D eigenvalue weighted by Gasteiger charge is -2.10. The predicted octanol–water partition coefficient (Wildman–Crippen LogP) is 4.58. The second kappa shape index (κ2) is 7.06. The Kier molecular flexibility index (Phi) is 5.14. The van der Waals surface area contributed by atoms with Crippen molar-refractivity contribution in [2.75, 3.05) is 11.9 Å². The monoisotopic (exact) mass is 299 g/mol. The molecule has 0 fully saturated rings. The zero-order chi connectivity index (χ0) is 15.2. The average Bonchev–Trinajstić information content (AvgIpc) is 2.47. The first-order valence-corrected chi connectivity index (χ1v) is 7.14. The summed E-state index contributed by atoms with van der Waals surface area (Å²) in [7, 11) is 0. The first-order valence-electron chi connectivity index (χ1n) is 6.76. The van der Waals surface area contributed by atoms with Gasteiger partial charge in [-0.2, -0.15) is 0 Å². The number of anilines is 1. The third-order valence-electron chi connectivity index (χ3n) is 3.31. The van der Waals surface area contributed by atoms with Gasteiger partial charge in [-0.25, -0.2) is 0 Å². The Hall–Kier alpha value is -2.11. The zero-order valence-corrected chi connectivity index (χ0v) is 13.0. The van der Waals surface area contributed by atoms with Crippen molar-refractivity contribution in [3.05, 3.63) is 58.1 Å². The highest BCUT2D eigenvalue weighted by Gasteiger charge is 2.03. The van der Waals surface area contributed by atoms with Crippen LogP contribution in [0.2, 0.25) is 5.02 Å². The highest BCUT2D eigenvalue weighted by molar-refractivity contribution is 6.32. The third kappa shape index (κ3) is 4.18. The summed E-state index contributed by atoms with van der Waals surface area (Å²) < 4.78 is 5.34. The number of hydrogen-bond donors (Lipinski definition) is 1. The van der Waals surface area contributed by atoms with Crippen molar-refractivity contribution >= 4 is 17.3 Å². The van der Waals surface area contributed by atoms with E-state index < -0.39 is 0 Å². The smallest absolute Gasteiger partial charge is 0.148 e. The van der Waals surface area contributed by atoms with Crippen LogP contribution in [-0.2, 0) is 6.54 Å². The average molecular weight is 300 g/mol. The molecule has 0 atom stereocenters. The molecule has 1 N–H and O–H groups in total. The van der Waals surface area contributed by atoms with Gasteiger partial charge in [0.05, 0.1) is 5.02 Å². The largest absolute Gasteiger partial charge is 0.479 e. The lowest BCUT2D eigenvalue weighted by Crippen LogP contribution is -2.01. The molecule has 0 saturated carbocycles. The Morgan fingerprint density at radius 2 is 1.95 bits per heavy atom. The van der Waals surface area contributed by atoms with Crippen LogP contribution >= 0.6 is 11.6 Å². The van der Waals surface area contributed by atoms with Gasteiger partial charge in [0.25, 0.3) is 0 Å². The number of nitrogens with one attached hydrogen (secondary N) is 1. The molecular weight excluding hydrogens is 282 g/mol. The minimum Gasteiger partial charge on any atom is -0.479 e. The van der Waals surface area contributed by atoms with E-state index in [2.05, 4.69) is 43.3 Å². The molecule has 2 aromatic rings. The minimum atomic E-state index is 0.222. The topological polar surface area (TPSA) is 21.3 Å². The molecule has 0 radical (unpaired) electrons. The van der Waals surface area contributed by atoms with Crippen LogP contribution in [0.4, 0.5) is 5.69 Å². The van der Waals surface area contributed by atoms with Crippen molar-refractivity contribution in [3.8, 4) is 18.1 Å². The van der Waals surface area contributed by atoms with E-state index in [0.29, 0.717) is 17.3 Å². The Morgan fingerprint density at radius 3 is 2.62 bits per heavy atom. The molecule has 0 aliphatic carbocycles. The Balaban J connectivity index is 2.01. The summed E-state index contributed by atoms with van der Waals surface area (Å²) in [5.41, 5.74) is 4.75. The van der Waals surface area contributed by atoms with E-state index >= 15 is 0 Å². The molecule has 0 heterocycles. The molecule has 0 bridgehead atoms. The molecule has 3 heteroatoms. The van der Waals surface area contributed by atoms with E-state index in [1.54, 1.807) is 0 Å². The molecule has 2 rings (SSSR count). The van der Waals surface area contributed by atoms with Crippen molar-refractivity contribution in [1.82, 2.24) is 0 Å². The lowest BCUT2D eigenvalue weighted by molar-refractivity contribution is 0.370. The van der Waals surface area contributed by atoms with E-state index in [0.717, 1.165) is 11.3 Å². The van der Waals surface area contributed by atoms with E-state index in [1.807, 2.05) is 18.2 Å². The maximum absolute atomic E-state index is 6.17. The van der Waals surface area contributed by atoms with E-state index in [-0.39, 0.29) is 6.61 Å². The van der Waals surface area contributed by atoms with Crippen LogP contribution in [0.5, 0.6) is 5.75 Å². The van der Waals surface area contributed by atoms with Crippen LogP contribution in [0.3, 0.4) is 0 Å².